The monoisotopic (exact) mass is 273 g/mol. The van der Waals surface area contributed by atoms with E-state index in [4.69, 9.17) is 9.84 Å². The van der Waals surface area contributed by atoms with Gasteiger partial charge < -0.3 is 9.84 Å². The summed E-state index contributed by atoms with van der Waals surface area (Å²) in [4.78, 5) is 2.46. The molecule has 0 spiro atoms. The van der Waals surface area contributed by atoms with Gasteiger partial charge in [-0.2, -0.15) is 0 Å². The second kappa shape index (κ2) is 7.94. The minimum absolute atomic E-state index is 0.114. The molecular formula is C17H23NO2. The Hall–Kier alpha value is -1.50. The highest BCUT2D eigenvalue weighted by molar-refractivity contribution is 5.38. The van der Waals surface area contributed by atoms with Crippen molar-refractivity contribution < 1.29 is 9.84 Å². The summed E-state index contributed by atoms with van der Waals surface area (Å²) in [5.41, 5.74) is 0.958. The lowest BCUT2D eigenvalue weighted by Crippen LogP contribution is -2.25. The molecule has 0 amide bonds. The molecule has 1 saturated heterocycles. The maximum Gasteiger partial charge on any atom is 0.119 e. The van der Waals surface area contributed by atoms with Gasteiger partial charge in [0.15, 0.2) is 0 Å². The first-order chi connectivity index (χ1) is 9.78. The summed E-state index contributed by atoms with van der Waals surface area (Å²) in [6.45, 7) is 6.55. The first kappa shape index (κ1) is 14.9. The van der Waals surface area contributed by atoms with Crippen molar-refractivity contribution in [3.63, 3.8) is 0 Å². The maximum atomic E-state index is 8.67. The number of hydrogen-bond donors (Lipinski definition) is 1. The Kier molecular flexibility index (Phi) is 5.91. The van der Waals surface area contributed by atoms with Crippen LogP contribution in [0.2, 0.25) is 0 Å². The molecule has 2 rings (SSSR count). The van der Waals surface area contributed by atoms with E-state index in [-0.39, 0.29) is 6.61 Å². The van der Waals surface area contributed by atoms with Crippen LogP contribution < -0.4 is 4.74 Å². The van der Waals surface area contributed by atoms with E-state index in [1.54, 1.807) is 0 Å². The van der Waals surface area contributed by atoms with Crippen molar-refractivity contribution in [1.29, 1.82) is 0 Å². The molecule has 1 atom stereocenters. The van der Waals surface area contributed by atoms with Crippen molar-refractivity contribution in [2.45, 2.75) is 19.8 Å². The van der Waals surface area contributed by atoms with Crippen molar-refractivity contribution in [1.82, 2.24) is 4.90 Å². The quantitative estimate of drug-likeness (QED) is 0.834. The number of nitrogens with zero attached hydrogens (tertiary/aromatic N) is 1. The third kappa shape index (κ3) is 4.88. The molecule has 3 nitrogen and oxygen atoms in total. The average molecular weight is 273 g/mol. The van der Waals surface area contributed by atoms with E-state index in [9.17, 15) is 0 Å². The molecule has 0 radical (unpaired) electrons. The van der Waals surface area contributed by atoms with Crippen LogP contribution in [0, 0.1) is 17.8 Å². The standard InChI is InChI=1S/C17H23NO2/c1-15-9-10-18(14-15)11-13-20-17-7-5-16(6-8-17)4-2-3-12-19/h5-8,15,19H,3,9-14H2,1H3. The summed E-state index contributed by atoms with van der Waals surface area (Å²) >= 11 is 0. The second-order valence-electron chi connectivity index (χ2n) is 5.34. The van der Waals surface area contributed by atoms with Gasteiger partial charge in [-0.3, -0.25) is 4.90 Å². The lowest BCUT2D eigenvalue weighted by molar-refractivity contribution is 0.234. The maximum absolute atomic E-state index is 8.67. The molecule has 108 valence electrons. The largest absolute Gasteiger partial charge is 0.492 e. The molecular weight excluding hydrogens is 250 g/mol. The predicted octanol–water partition coefficient (Wildman–Crippen LogP) is 2.14. The Morgan fingerprint density at radius 3 is 2.80 bits per heavy atom. The van der Waals surface area contributed by atoms with Crippen LogP contribution in [0.1, 0.15) is 25.3 Å². The fourth-order valence-electron chi connectivity index (χ4n) is 2.38. The first-order valence-electron chi connectivity index (χ1n) is 7.33. The van der Waals surface area contributed by atoms with E-state index >= 15 is 0 Å². The summed E-state index contributed by atoms with van der Waals surface area (Å²) in [6.07, 6.45) is 1.83. The van der Waals surface area contributed by atoms with Crippen LogP contribution >= 0.6 is 0 Å². The zero-order chi connectivity index (χ0) is 14.2. The van der Waals surface area contributed by atoms with Crippen LogP contribution in [-0.4, -0.2) is 42.9 Å². The van der Waals surface area contributed by atoms with E-state index in [1.807, 2.05) is 24.3 Å². The van der Waals surface area contributed by atoms with Gasteiger partial charge in [-0.1, -0.05) is 18.8 Å². The van der Waals surface area contributed by atoms with Crippen molar-refractivity contribution in [2.24, 2.45) is 5.92 Å². The smallest absolute Gasteiger partial charge is 0.119 e. The normalized spacial score (nSPS) is 18.6. The average Bonchev–Trinajstić information content (AvgIpc) is 2.87. The second-order valence-corrected chi connectivity index (χ2v) is 5.34. The molecule has 1 aliphatic rings. The number of aliphatic hydroxyl groups is 1. The first-order valence-corrected chi connectivity index (χ1v) is 7.33. The number of benzene rings is 1. The number of rotatable bonds is 5. The Labute approximate surface area is 121 Å². The van der Waals surface area contributed by atoms with Crippen LogP contribution in [0.25, 0.3) is 0 Å². The van der Waals surface area contributed by atoms with Gasteiger partial charge in [0.05, 0.1) is 6.61 Å². The Morgan fingerprint density at radius 2 is 2.15 bits per heavy atom. The number of hydrogen-bond acceptors (Lipinski definition) is 3. The molecule has 0 aromatic heterocycles. The van der Waals surface area contributed by atoms with E-state index in [0.717, 1.165) is 30.4 Å². The molecule has 0 aliphatic carbocycles. The van der Waals surface area contributed by atoms with Gasteiger partial charge in [0.2, 0.25) is 0 Å². The Balaban J connectivity index is 1.72. The lowest BCUT2D eigenvalue weighted by Gasteiger charge is -2.15. The van der Waals surface area contributed by atoms with Gasteiger partial charge in [0, 0.05) is 25.1 Å². The molecule has 1 unspecified atom stereocenters. The molecule has 1 aliphatic heterocycles. The molecule has 1 aromatic rings. The fraction of sp³-hybridized carbons (Fsp3) is 0.529. The molecule has 1 fully saturated rings. The third-order valence-electron chi connectivity index (χ3n) is 3.51. The van der Waals surface area contributed by atoms with E-state index in [1.165, 1.54) is 19.5 Å². The van der Waals surface area contributed by atoms with Crippen LogP contribution in [0.3, 0.4) is 0 Å². The van der Waals surface area contributed by atoms with Gasteiger partial charge in [-0.25, -0.2) is 0 Å². The highest BCUT2D eigenvalue weighted by Gasteiger charge is 2.17. The third-order valence-corrected chi connectivity index (χ3v) is 3.51. The SMILES string of the molecule is CC1CCN(CCOc2ccc(C#CCCO)cc2)C1. The number of aliphatic hydroxyl groups excluding tert-OH is 1. The van der Waals surface area contributed by atoms with Crippen molar-refractivity contribution in [2.75, 3.05) is 32.8 Å². The zero-order valence-corrected chi connectivity index (χ0v) is 12.1. The van der Waals surface area contributed by atoms with E-state index in [0.29, 0.717) is 6.42 Å². The van der Waals surface area contributed by atoms with Crippen LogP contribution in [0.5, 0.6) is 5.75 Å². The van der Waals surface area contributed by atoms with Crippen molar-refractivity contribution in [3.05, 3.63) is 29.8 Å². The van der Waals surface area contributed by atoms with Crippen molar-refractivity contribution in [3.8, 4) is 17.6 Å². The highest BCUT2D eigenvalue weighted by atomic mass is 16.5. The van der Waals surface area contributed by atoms with Gasteiger partial charge in [0.1, 0.15) is 12.4 Å². The lowest BCUT2D eigenvalue weighted by atomic mass is 10.2. The Bertz CT molecular complexity index is 458. The molecule has 3 heteroatoms. The molecule has 1 N–H and O–H groups in total. The minimum atomic E-state index is 0.114. The molecule has 0 saturated carbocycles. The topological polar surface area (TPSA) is 32.7 Å². The van der Waals surface area contributed by atoms with E-state index in [2.05, 4.69) is 23.7 Å². The summed E-state index contributed by atoms with van der Waals surface area (Å²) in [5.74, 6) is 7.63. The highest BCUT2D eigenvalue weighted by Crippen LogP contribution is 2.15. The summed E-state index contributed by atoms with van der Waals surface area (Å²) < 4.78 is 5.75. The van der Waals surface area contributed by atoms with Gasteiger partial charge in [-0.15, -0.1) is 0 Å². The summed E-state index contributed by atoms with van der Waals surface area (Å²) in [7, 11) is 0. The zero-order valence-electron chi connectivity index (χ0n) is 12.1. The van der Waals surface area contributed by atoms with Crippen LogP contribution in [0.15, 0.2) is 24.3 Å². The molecule has 0 bridgehead atoms. The van der Waals surface area contributed by atoms with Gasteiger partial charge >= 0.3 is 0 Å². The van der Waals surface area contributed by atoms with E-state index < -0.39 is 0 Å². The van der Waals surface area contributed by atoms with Crippen LogP contribution in [-0.2, 0) is 0 Å². The summed E-state index contributed by atoms with van der Waals surface area (Å²) in [5, 5.41) is 8.67. The minimum Gasteiger partial charge on any atom is -0.492 e. The fourth-order valence-corrected chi connectivity index (χ4v) is 2.38. The van der Waals surface area contributed by atoms with Crippen LogP contribution in [0.4, 0.5) is 0 Å². The van der Waals surface area contributed by atoms with Gasteiger partial charge in [-0.05, 0) is 43.1 Å². The number of likely N-dealkylation sites (tertiary alicyclic amines) is 1. The van der Waals surface area contributed by atoms with Gasteiger partial charge in [0.25, 0.3) is 0 Å². The summed E-state index contributed by atoms with van der Waals surface area (Å²) in [6, 6.07) is 7.82. The molecule has 20 heavy (non-hydrogen) atoms. The molecule has 1 heterocycles. The predicted molar refractivity (Wildman–Crippen MR) is 80.7 cm³/mol. The van der Waals surface area contributed by atoms with Crippen molar-refractivity contribution >= 4 is 0 Å². The molecule has 1 aromatic carbocycles. The Morgan fingerprint density at radius 1 is 1.35 bits per heavy atom. The number of ether oxygens (including phenoxy) is 1.